The maximum absolute atomic E-state index is 13.8. The number of ether oxygens (including phenoxy) is 1. The molecule has 2 N–H and O–H groups in total. The van der Waals surface area contributed by atoms with Gasteiger partial charge in [-0.15, -0.1) is 0 Å². The van der Waals surface area contributed by atoms with Crippen molar-refractivity contribution in [2.24, 2.45) is 5.41 Å². The van der Waals surface area contributed by atoms with E-state index in [4.69, 9.17) is 16.3 Å². The smallest absolute Gasteiger partial charge is 0.309 e. The molecule has 0 bridgehead atoms. The van der Waals surface area contributed by atoms with E-state index in [0.717, 1.165) is 11.1 Å². The maximum atomic E-state index is 13.8. The molecule has 34 heavy (non-hydrogen) atoms. The second kappa shape index (κ2) is 10.3. The van der Waals surface area contributed by atoms with Gasteiger partial charge in [0.15, 0.2) is 0 Å². The highest BCUT2D eigenvalue weighted by molar-refractivity contribution is 6.29. The number of aromatic nitrogens is 1. The quantitative estimate of drug-likeness (QED) is 0.461. The van der Waals surface area contributed by atoms with Gasteiger partial charge in [-0.1, -0.05) is 49.7 Å². The van der Waals surface area contributed by atoms with Crippen LogP contribution in [0, 0.1) is 5.41 Å². The molecule has 3 rings (SSSR count). The van der Waals surface area contributed by atoms with Crippen molar-refractivity contribution in [2.45, 2.75) is 52.4 Å². The molecule has 1 fully saturated rings. The summed E-state index contributed by atoms with van der Waals surface area (Å²) in [5.74, 6) is -0.236. The van der Waals surface area contributed by atoms with E-state index < -0.39 is 16.8 Å². The first-order valence-electron chi connectivity index (χ1n) is 11.6. The molecule has 1 amide bonds. The summed E-state index contributed by atoms with van der Waals surface area (Å²) in [6, 6.07) is 9.64. The number of carboxylic acid groups (broad SMARTS) is 1. The zero-order chi connectivity index (χ0) is 25.1. The van der Waals surface area contributed by atoms with Crippen LogP contribution in [0.15, 0.2) is 36.5 Å². The van der Waals surface area contributed by atoms with Crippen LogP contribution >= 0.6 is 11.6 Å². The van der Waals surface area contributed by atoms with E-state index in [9.17, 15) is 14.7 Å². The summed E-state index contributed by atoms with van der Waals surface area (Å²) in [4.78, 5) is 31.6. The number of carbonyl (C=O) groups excluding carboxylic acids is 1. The van der Waals surface area contributed by atoms with Crippen molar-refractivity contribution in [1.29, 1.82) is 0 Å². The number of hydrogen-bond acceptors (Lipinski definition) is 5. The Morgan fingerprint density at radius 2 is 1.97 bits per heavy atom. The highest BCUT2D eigenvalue weighted by atomic mass is 35.5. The van der Waals surface area contributed by atoms with Crippen LogP contribution in [0.1, 0.15) is 58.1 Å². The van der Waals surface area contributed by atoms with Gasteiger partial charge in [-0.05, 0) is 50.8 Å². The van der Waals surface area contributed by atoms with Crippen molar-refractivity contribution in [3.63, 3.8) is 0 Å². The minimum absolute atomic E-state index is 0.139. The van der Waals surface area contributed by atoms with Gasteiger partial charge in [-0.25, -0.2) is 4.98 Å². The second-order valence-corrected chi connectivity index (χ2v) is 10.3. The predicted octanol–water partition coefficient (Wildman–Crippen LogP) is 4.95. The minimum atomic E-state index is -0.822. The number of carbonyl (C=O) groups is 2. The van der Waals surface area contributed by atoms with Crippen molar-refractivity contribution in [3.8, 4) is 5.75 Å². The molecule has 0 spiro atoms. The second-order valence-electron chi connectivity index (χ2n) is 9.86. The Morgan fingerprint density at radius 3 is 2.59 bits per heavy atom. The third-order valence-electron chi connectivity index (χ3n) is 6.53. The van der Waals surface area contributed by atoms with E-state index in [1.165, 1.54) is 6.20 Å². The van der Waals surface area contributed by atoms with Gasteiger partial charge in [0.05, 0.1) is 23.6 Å². The van der Waals surface area contributed by atoms with E-state index in [1.54, 1.807) is 19.9 Å². The van der Waals surface area contributed by atoms with Crippen LogP contribution in [-0.4, -0.2) is 53.1 Å². The topological polar surface area (TPSA) is 91.8 Å². The summed E-state index contributed by atoms with van der Waals surface area (Å²) in [6.45, 7) is 11.6. The number of nitrogens with one attached hydrogen (secondary N) is 1. The van der Waals surface area contributed by atoms with E-state index >= 15 is 0 Å². The van der Waals surface area contributed by atoms with Gasteiger partial charge in [0, 0.05) is 19.2 Å². The molecule has 8 heteroatoms. The van der Waals surface area contributed by atoms with Crippen molar-refractivity contribution in [2.75, 3.05) is 31.6 Å². The molecule has 1 aromatic heterocycles. The third kappa shape index (κ3) is 5.36. The van der Waals surface area contributed by atoms with Gasteiger partial charge in [0.25, 0.3) is 0 Å². The standard InChI is InChI=1S/C26H34ClN3O4/c1-6-34-21-13-22(27)28-14-20(21)29-23(31)26(19-10-8-7-9-18(19)17(2)3)15-30(16-26)12-11-25(4,5)24(32)33/h7-10,13-14,17H,6,11-12,15-16H2,1-5H3,(H,29,31)(H,32,33). The molecule has 1 aliphatic heterocycles. The normalized spacial score (nSPS) is 15.6. The van der Waals surface area contributed by atoms with Crippen molar-refractivity contribution < 1.29 is 19.4 Å². The van der Waals surface area contributed by atoms with E-state index in [2.05, 4.69) is 35.1 Å². The van der Waals surface area contributed by atoms with Crippen LogP contribution in [0.4, 0.5) is 5.69 Å². The molecule has 0 unspecified atom stereocenters. The Balaban J connectivity index is 1.91. The number of carboxylic acids is 1. The molecule has 1 aliphatic rings. The molecule has 0 saturated carbocycles. The average Bonchev–Trinajstić information content (AvgIpc) is 2.75. The number of anilines is 1. The monoisotopic (exact) mass is 487 g/mol. The van der Waals surface area contributed by atoms with Crippen LogP contribution in [0.2, 0.25) is 5.15 Å². The van der Waals surface area contributed by atoms with Gasteiger partial charge in [0.2, 0.25) is 5.91 Å². The van der Waals surface area contributed by atoms with E-state index in [1.807, 2.05) is 25.1 Å². The van der Waals surface area contributed by atoms with E-state index in [-0.39, 0.29) is 17.0 Å². The molecule has 0 aliphatic carbocycles. The fourth-order valence-electron chi connectivity index (χ4n) is 4.32. The molecule has 0 radical (unpaired) electrons. The van der Waals surface area contributed by atoms with Crippen LogP contribution in [0.5, 0.6) is 5.75 Å². The number of aliphatic carboxylic acids is 1. The molecular formula is C26H34ClN3O4. The van der Waals surface area contributed by atoms with Gasteiger partial charge >= 0.3 is 5.97 Å². The summed E-state index contributed by atoms with van der Waals surface area (Å²) in [5.41, 5.74) is 1.01. The minimum Gasteiger partial charge on any atom is -0.492 e. The molecular weight excluding hydrogens is 454 g/mol. The number of nitrogens with zero attached hydrogens (tertiary/aromatic N) is 2. The number of amides is 1. The number of rotatable bonds is 10. The average molecular weight is 488 g/mol. The summed E-state index contributed by atoms with van der Waals surface area (Å²) in [5, 5.41) is 12.8. The van der Waals surface area contributed by atoms with Crippen LogP contribution < -0.4 is 10.1 Å². The lowest BCUT2D eigenvalue weighted by atomic mass is 9.69. The molecule has 2 aromatic rings. The Bertz CT molecular complexity index is 1050. The fourth-order valence-corrected chi connectivity index (χ4v) is 4.46. The van der Waals surface area contributed by atoms with Gasteiger partial charge in [0.1, 0.15) is 16.6 Å². The van der Waals surface area contributed by atoms with Crippen LogP contribution in [-0.2, 0) is 15.0 Å². The summed E-state index contributed by atoms with van der Waals surface area (Å²) < 4.78 is 5.67. The molecule has 2 heterocycles. The van der Waals surface area contributed by atoms with Crippen LogP contribution in [0.25, 0.3) is 0 Å². The first-order valence-corrected chi connectivity index (χ1v) is 12.0. The highest BCUT2D eigenvalue weighted by Crippen LogP contribution is 2.41. The lowest BCUT2D eigenvalue weighted by molar-refractivity contribution is -0.148. The zero-order valence-electron chi connectivity index (χ0n) is 20.5. The number of halogens is 1. The molecule has 184 valence electrons. The number of likely N-dealkylation sites (tertiary alicyclic amines) is 1. The first-order chi connectivity index (χ1) is 16.0. The van der Waals surface area contributed by atoms with Crippen molar-refractivity contribution in [3.05, 3.63) is 52.8 Å². The van der Waals surface area contributed by atoms with E-state index in [0.29, 0.717) is 44.1 Å². The summed E-state index contributed by atoms with van der Waals surface area (Å²) in [7, 11) is 0. The maximum Gasteiger partial charge on any atom is 0.309 e. The predicted molar refractivity (Wildman–Crippen MR) is 134 cm³/mol. The summed E-state index contributed by atoms with van der Waals surface area (Å²) >= 11 is 6.03. The first kappa shape index (κ1) is 26.0. The third-order valence-corrected chi connectivity index (χ3v) is 6.74. The zero-order valence-corrected chi connectivity index (χ0v) is 21.3. The van der Waals surface area contributed by atoms with Crippen LogP contribution in [0.3, 0.4) is 0 Å². The molecule has 0 atom stereocenters. The summed E-state index contributed by atoms with van der Waals surface area (Å²) in [6.07, 6.45) is 2.01. The Kier molecular flexibility index (Phi) is 7.88. The van der Waals surface area contributed by atoms with Crippen molar-refractivity contribution in [1.82, 2.24) is 9.88 Å². The largest absolute Gasteiger partial charge is 0.492 e. The lowest BCUT2D eigenvalue weighted by Gasteiger charge is -2.50. The SMILES string of the molecule is CCOc1cc(Cl)ncc1NC(=O)C1(c2ccccc2C(C)C)CN(CCC(C)(C)C(=O)O)C1. The van der Waals surface area contributed by atoms with Gasteiger partial charge in [-0.3, -0.25) is 9.59 Å². The number of pyridine rings is 1. The highest BCUT2D eigenvalue weighted by Gasteiger charge is 2.52. The molecule has 1 saturated heterocycles. The van der Waals surface area contributed by atoms with Gasteiger partial charge < -0.3 is 20.1 Å². The Labute approximate surface area is 206 Å². The molecule has 7 nitrogen and oxygen atoms in total. The van der Waals surface area contributed by atoms with Gasteiger partial charge in [-0.2, -0.15) is 0 Å². The number of benzene rings is 1. The Morgan fingerprint density at radius 1 is 1.29 bits per heavy atom. The lowest BCUT2D eigenvalue weighted by Crippen LogP contribution is -2.65. The number of hydrogen-bond donors (Lipinski definition) is 2. The van der Waals surface area contributed by atoms with Crippen molar-refractivity contribution >= 4 is 29.2 Å². The molecule has 1 aromatic carbocycles. The Hall–Kier alpha value is -2.64. The fraction of sp³-hybridized carbons (Fsp3) is 0.500.